The van der Waals surface area contributed by atoms with Gasteiger partial charge in [0, 0.05) is 19.3 Å². The van der Waals surface area contributed by atoms with E-state index in [1.54, 1.807) is 29.2 Å². The van der Waals surface area contributed by atoms with Gasteiger partial charge in [0.2, 0.25) is 5.91 Å². The van der Waals surface area contributed by atoms with Crippen molar-refractivity contribution in [3.05, 3.63) is 47.7 Å². The Bertz CT molecular complexity index is 1510. The second kappa shape index (κ2) is 10.4. The number of halogens is 3. The van der Waals surface area contributed by atoms with Gasteiger partial charge >= 0.3 is 12.1 Å². The molecule has 0 spiro atoms. The molecule has 3 aliphatic rings. The highest BCUT2D eigenvalue weighted by Crippen LogP contribution is 2.54. The van der Waals surface area contributed by atoms with E-state index in [0.717, 1.165) is 25.7 Å². The molecule has 14 heteroatoms. The minimum atomic E-state index is -4.65. The van der Waals surface area contributed by atoms with Gasteiger partial charge in [-0.2, -0.15) is 23.4 Å². The molecule has 6 rings (SSSR count). The summed E-state index contributed by atoms with van der Waals surface area (Å²) >= 11 is 0. The lowest BCUT2D eigenvalue weighted by Crippen LogP contribution is -2.57. The first-order valence-electron chi connectivity index (χ1n) is 14.3. The van der Waals surface area contributed by atoms with Gasteiger partial charge in [-0.3, -0.25) is 19.1 Å². The molecule has 2 amide bonds. The molecule has 1 aliphatic heterocycles. The second-order valence-electron chi connectivity index (χ2n) is 11.8. The number of carboxylic acid groups (broad SMARTS) is 1. The van der Waals surface area contributed by atoms with E-state index in [0.29, 0.717) is 35.4 Å². The first-order chi connectivity index (χ1) is 20.0. The smallest absolute Gasteiger partial charge is 0.393 e. The van der Waals surface area contributed by atoms with Crippen molar-refractivity contribution in [1.82, 2.24) is 35.0 Å². The van der Waals surface area contributed by atoms with Crippen molar-refractivity contribution in [2.45, 2.75) is 64.2 Å². The zero-order valence-electron chi connectivity index (χ0n) is 23.0. The Morgan fingerprint density at radius 3 is 2.55 bits per heavy atom. The van der Waals surface area contributed by atoms with E-state index in [2.05, 4.69) is 20.8 Å². The van der Waals surface area contributed by atoms with Crippen LogP contribution < -0.4 is 10.6 Å². The van der Waals surface area contributed by atoms with Crippen molar-refractivity contribution in [3.8, 4) is 0 Å². The Morgan fingerprint density at radius 1 is 1.21 bits per heavy atom. The number of imidazole rings is 1. The SMILES string of the molecule is CCn1nccc1C(=O)NC(c1cn2ncc(CC3(C(=O)O)C[C@@H](C(F)(F)F)CNC3=O)cc2n1)C(C1CC1)C1CC1. The quantitative estimate of drug-likeness (QED) is 0.309. The highest BCUT2D eigenvalue weighted by Gasteiger charge is 2.56. The van der Waals surface area contributed by atoms with Crippen molar-refractivity contribution >= 4 is 23.4 Å². The van der Waals surface area contributed by atoms with Gasteiger partial charge in [-0.25, -0.2) is 9.50 Å². The zero-order chi connectivity index (χ0) is 29.8. The van der Waals surface area contributed by atoms with Gasteiger partial charge in [0.1, 0.15) is 5.69 Å². The Hall–Kier alpha value is -3.97. The summed E-state index contributed by atoms with van der Waals surface area (Å²) in [6.07, 6.45) is 2.97. The molecule has 42 heavy (non-hydrogen) atoms. The van der Waals surface area contributed by atoms with E-state index < -0.39 is 54.8 Å². The van der Waals surface area contributed by atoms with Crippen molar-refractivity contribution in [1.29, 1.82) is 0 Å². The van der Waals surface area contributed by atoms with Gasteiger partial charge < -0.3 is 15.7 Å². The van der Waals surface area contributed by atoms with Gasteiger partial charge in [0.05, 0.1) is 30.0 Å². The molecule has 2 aliphatic carbocycles. The summed E-state index contributed by atoms with van der Waals surface area (Å²) in [5.74, 6) is -3.69. The average molecular weight is 588 g/mol. The van der Waals surface area contributed by atoms with Crippen LogP contribution in [0.4, 0.5) is 13.2 Å². The number of piperidine rings is 1. The molecule has 3 N–H and O–H groups in total. The molecule has 0 bridgehead atoms. The number of carboxylic acids is 1. The van der Waals surface area contributed by atoms with E-state index >= 15 is 0 Å². The molecule has 3 aromatic rings. The second-order valence-corrected chi connectivity index (χ2v) is 11.8. The predicted molar refractivity (Wildman–Crippen MR) is 141 cm³/mol. The topological polar surface area (TPSA) is 144 Å². The number of hydrogen-bond acceptors (Lipinski definition) is 6. The number of carbonyl (C=O) groups is 3. The van der Waals surface area contributed by atoms with Crippen LogP contribution in [-0.4, -0.2) is 60.0 Å². The number of amides is 2. The van der Waals surface area contributed by atoms with Gasteiger partial charge in [0.25, 0.3) is 5.91 Å². The number of carbonyl (C=O) groups excluding carboxylic acids is 2. The lowest BCUT2D eigenvalue weighted by molar-refractivity contribution is -0.194. The standard InChI is InChI=1S/C28H32F3N7O4/c1-2-37-20(7-8-33-37)24(39)36-23(22(16-3-4-16)17-5-6-17)19-14-38-21(35-19)9-15(12-34-38)10-27(26(41)42)11-18(28(29,30)31)13-32-25(27)40/h7-9,12,14,16-18,22-23H,2-6,10-11,13H2,1H3,(H,32,40)(H,36,39)(H,41,42)/t18-,23?,27?/m1/s1. The maximum absolute atomic E-state index is 13.5. The Labute approximate surface area is 238 Å². The fourth-order valence-corrected chi connectivity index (χ4v) is 6.40. The minimum Gasteiger partial charge on any atom is -0.480 e. The van der Waals surface area contributed by atoms with Crippen molar-refractivity contribution in [2.24, 2.45) is 29.1 Å². The molecule has 2 saturated carbocycles. The molecule has 0 aromatic carbocycles. The molecule has 4 heterocycles. The molecule has 3 aromatic heterocycles. The predicted octanol–water partition coefficient (Wildman–Crippen LogP) is 3.16. The molecule has 11 nitrogen and oxygen atoms in total. The van der Waals surface area contributed by atoms with E-state index in [4.69, 9.17) is 4.98 Å². The summed E-state index contributed by atoms with van der Waals surface area (Å²) < 4.78 is 43.6. The maximum atomic E-state index is 13.5. The molecule has 1 saturated heterocycles. The molecule has 2 unspecified atom stereocenters. The molecular formula is C28H32F3N7O4. The van der Waals surface area contributed by atoms with Gasteiger partial charge in [-0.15, -0.1) is 0 Å². The third kappa shape index (κ3) is 5.22. The summed E-state index contributed by atoms with van der Waals surface area (Å²) in [4.78, 5) is 43.1. The molecule has 0 radical (unpaired) electrons. The van der Waals surface area contributed by atoms with Crippen molar-refractivity contribution in [3.63, 3.8) is 0 Å². The number of fused-ring (bicyclic) bond motifs is 1. The van der Waals surface area contributed by atoms with Crippen LogP contribution in [0.3, 0.4) is 0 Å². The van der Waals surface area contributed by atoms with Crippen LogP contribution in [0.2, 0.25) is 0 Å². The fourth-order valence-electron chi connectivity index (χ4n) is 6.40. The summed E-state index contributed by atoms with van der Waals surface area (Å²) in [6.45, 7) is 1.78. The van der Waals surface area contributed by atoms with Crippen LogP contribution >= 0.6 is 0 Å². The summed E-state index contributed by atoms with van der Waals surface area (Å²) in [5, 5.41) is 23.9. The van der Waals surface area contributed by atoms with Crippen LogP contribution in [0.1, 0.15) is 66.8 Å². The number of rotatable bonds is 10. The Balaban J connectivity index is 1.32. The number of alkyl halides is 3. The number of aliphatic carboxylic acids is 1. The summed E-state index contributed by atoms with van der Waals surface area (Å²) in [7, 11) is 0. The normalized spacial score (nSPS) is 23.6. The first-order valence-corrected chi connectivity index (χ1v) is 14.3. The van der Waals surface area contributed by atoms with E-state index in [-0.39, 0.29) is 17.4 Å². The highest BCUT2D eigenvalue weighted by atomic mass is 19.4. The first kappa shape index (κ1) is 28.2. The van der Waals surface area contributed by atoms with Crippen LogP contribution in [-0.2, 0) is 22.6 Å². The average Bonchev–Trinajstić information content (AvgIpc) is 3.87. The van der Waals surface area contributed by atoms with Crippen LogP contribution in [0.25, 0.3) is 5.65 Å². The van der Waals surface area contributed by atoms with Crippen molar-refractivity contribution < 1.29 is 32.7 Å². The Kier molecular flexibility index (Phi) is 6.97. The third-order valence-electron chi connectivity index (χ3n) is 8.88. The van der Waals surface area contributed by atoms with E-state index in [9.17, 15) is 32.7 Å². The monoisotopic (exact) mass is 587 g/mol. The molecule has 3 atom stereocenters. The molecule has 3 fully saturated rings. The summed E-state index contributed by atoms with van der Waals surface area (Å²) in [5.41, 5.74) is -0.641. The van der Waals surface area contributed by atoms with Crippen LogP contribution in [0, 0.1) is 29.1 Å². The third-order valence-corrected chi connectivity index (χ3v) is 8.88. The fraction of sp³-hybridized carbons (Fsp3) is 0.571. The zero-order valence-corrected chi connectivity index (χ0v) is 23.0. The van der Waals surface area contributed by atoms with E-state index in [1.165, 1.54) is 10.7 Å². The number of nitrogens with zero attached hydrogens (tertiary/aromatic N) is 5. The molecular weight excluding hydrogens is 555 g/mol. The Morgan fingerprint density at radius 2 is 1.93 bits per heavy atom. The van der Waals surface area contributed by atoms with Crippen molar-refractivity contribution in [2.75, 3.05) is 6.54 Å². The highest BCUT2D eigenvalue weighted by molar-refractivity contribution is 6.02. The summed E-state index contributed by atoms with van der Waals surface area (Å²) in [6, 6.07) is 2.81. The minimum absolute atomic E-state index is 0.192. The number of aryl methyl sites for hydroxylation is 1. The van der Waals surface area contributed by atoms with Gasteiger partial charge in [0.15, 0.2) is 11.1 Å². The lowest BCUT2D eigenvalue weighted by atomic mass is 9.71. The maximum Gasteiger partial charge on any atom is 0.393 e. The lowest BCUT2D eigenvalue weighted by Gasteiger charge is -2.37. The van der Waals surface area contributed by atoms with Gasteiger partial charge in [-0.1, -0.05) is 0 Å². The van der Waals surface area contributed by atoms with E-state index in [1.807, 2.05) is 6.92 Å². The number of nitrogens with one attached hydrogen (secondary N) is 2. The van der Waals surface area contributed by atoms with Gasteiger partial charge in [-0.05, 0) is 80.9 Å². The number of hydrogen-bond donors (Lipinski definition) is 3. The number of aromatic nitrogens is 5. The largest absolute Gasteiger partial charge is 0.480 e. The molecule has 224 valence electrons. The van der Waals surface area contributed by atoms with Crippen LogP contribution in [0.5, 0.6) is 0 Å². The van der Waals surface area contributed by atoms with Crippen LogP contribution in [0.15, 0.2) is 30.7 Å².